The third kappa shape index (κ3) is 5.36. The number of carbonyl (C=O) groups excluding carboxylic acids is 2. The van der Waals surface area contributed by atoms with Gasteiger partial charge >= 0.3 is 12.1 Å². The summed E-state index contributed by atoms with van der Waals surface area (Å²) in [6.07, 6.45) is 0.407. The van der Waals surface area contributed by atoms with Gasteiger partial charge in [0.05, 0.1) is 13.2 Å². The fourth-order valence-corrected chi connectivity index (χ4v) is 2.20. The summed E-state index contributed by atoms with van der Waals surface area (Å²) in [5, 5.41) is 9.96. The zero-order valence-corrected chi connectivity index (χ0v) is 12.7. The fraction of sp³-hybridized carbons (Fsp3) is 0.857. The Morgan fingerprint density at radius 3 is 2.55 bits per heavy atom. The minimum absolute atomic E-state index is 0.115. The van der Waals surface area contributed by atoms with Gasteiger partial charge in [0.25, 0.3) is 0 Å². The van der Waals surface area contributed by atoms with Crippen LogP contribution >= 0.6 is 0 Å². The number of aliphatic hydroxyl groups excluding tert-OH is 1. The molecule has 1 saturated heterocycles. The van der Waals surface area contributed by atoms with Crippen molar-refractivity contribution >= 4 is 12.1 Å². The van der Waals surface area contributed by atoms with E-state index in [9.17, 15) is 14.7 Å². The summed E-state index contributed by atoms with van der Waals surface area (Å²) in [5.74, 6) is -0.415. The number of hydrogen-bond acceptors (Lipinski definition) is 5. The highest BCUT2D eigenvalue weighted by molar-refractivity contribution is 5.69. The summed E-state index contributed by atoms with van der Waals surface area (Å²) < 4.78 is 9.91. The first kappa shape index (κ1) is 16.8. The van der Waals surface area contributed by atoms with E-state index in [2.05, 4.69) is 4.74 Å². The van der Waals surface area contributed by atoms with Gasteiger partial charge in [-0.05, 0) is 33.6 Å². The molecule has 0 spiro atoms. The van der Waals surface area contributed by atoms with Crippen molar-refractivity contribution < 1.29 is 24.2 Å². The zero-order valence-electron chi connectivity index (χ0n) is 12.7. The number of amides is 1. The molecule has 0 aromatic heterocycles. The first-order valence-electron chi connectivity index (χ1n) is 6.95. The summed E-state index contributed by atoms with van der Waals surface area (Å²) in [7, 11) is 1.34. The maximum Gasteiger partial charge on any atom is 0.410 e. The second kappa shape index (κ2) is 6.92. The van der Waals surface area contributed by atoms with E-state index in [0.717, 1.165) is 0 Å². The molecule has 1 rings (SSSR count). The van der Waals surface area contributed by atoms with Crippen LogP contribution in [0.25, 0.3) is 0 Å². The quantitative estimate of drug-likeness (QED) is 0.797. The Morgan fingerprint density at radius 2 is 2.00 bits per heavy atom. The van der Waals surface area contributed by atoms with Gasteiger partial charge in [0.1, 0.15) is 5.60 Å². The zero-order chi connectivity index (χ0) is 15.3. The predicted molar refractivity (Wildman–Crippen MR) is 73.2 cm³/mol. The lowest BCUT2D eigenvalue weighted by molar-refractivity contribution is -0.141. The predicted octanol–water partition coefficient (Wildman–Crippen LogP) is 1.56. The topological polar surface area (TPSA) is 76.1 Å². The molecule has 6 nitrogen and oxygen atoms in total. The van der Waals surface area contributed by atoms with E-state index < -0.39 is 11.7 Å². The van der Waals surface area contributed by atoms with Gasteiger partial charge in [0, 0.05) is 25.4 Å². The van der Waals surface area contributed by atoms with Crippen molar-refractivity contribution in [2.45, 2.75) is 51.7 Å². The summed E-state index contributed by atoms with van der Waals surface area (Å²) >= 11 is 0. The standard InChI is InChI=1S/C14H25NO5/c1-14(2,3)20-13(18)15-8-7-11(16)10(9-15)5-6-12(17)19-4/h10-11,16H,5-9H2,1-4H3/t10-,11-/m0/s1. The number of nitrogens with zero attached hydrogens (tertiary/aromatic N) is 1. The lowest BCUT2D eigenvalue weighted by Gasteiger charge is -2.36. The van der Waals surface area contributed by atoms with E-state index >= 15 is 0 Å². The molecule has 20 heavy (non-hydrogen) atoms. The van der Waals surface area contributed by atoms with E-state index in [1.807, 2.05) is 20.8 Å². The molecule has 1 aliphatic heterocycles. The average Bonchev–Trinajstić information content (AvgIpc) is 2.35. The first-order chi connectivity index (χ1) is 9.23. The Balaban J connectivity index is 2.52. The highest BCUT2D eigenvalue weighted by Crippen LogP contribution is 2.23. The second-order valence-corrected chi connectivity index (χ2v) is 6.16. The van der Waals surface area contributed by atoms with Gasteiger partial charge in [-0.1, -0.05) is 0 Å². The molecule has 0 aromatic carbocycles. The minimum Gasteiger partial charge on any atom is -0.469 e. The summed E-state index contributed by atoms with van der Waals surface area (Å²) in [4.78, 5) is 24.7. The molecular formula is C14H25NO5. The van der Waals surface area contributed by atoms with Crippen molar-refractivity contribution in [3.63, 3.8) is 0 Å². The van der Waals surface area contributed by atoms with Crippen molar-refractivity contribution in [2.75, 3.05) is 20.2 Å². The maximum atomic E-state index is 12.0. The monoisotopic (exact) mass is 287 g/mol. The van der Waals surface area contributed by atoms with Gasteiger partial charge in [-0.25, -0.2) is 4.79 Å². The second-order valence-electron chi connectivity index (χ2n) is 6.16. The first-order valence-corrected chi connectivity index (χ1v) is 6.95. The number of likely N-dealkylation sites (tertiary alicyclic amines) is 1. The molecule has 0 aromatic rings. The van der Waals surface area contributed by atoms with Crippen LogP contribution in [0, 0.1) is 5.92 Å². The fourth-order valence-electron chi connectivity index (χ4n) is 2.20. The molecule has 0 bridgehead atoms. The van der Waals surface area contributed by atoms with Crippen LogP contribution in [0.1, 0.15) is 40.0 Å². The highest BCUT2D eigenvalue weighted by atomic mass is 16.6. The number of methoxy groups -OCH3 is 1. The van der Waals surface area contributed by atoms with E-state index in [4.69, 9.17) is 4.74 Å². The maximum absolute atomic E-state index is 12.0. The Labute approximate surface area is 120 Å². The smallest absolute Gasteiger partial charge is 0.410 e. The summed E-state index contributed by atoms with van der Waals surface area (Å²) in [6, 6.07) is 0. The van der Waals surface area contributed by atoms with Crippen molar-refractivity contribution in [1.29, 1.82) is 0 Å². The number of piperidine rings is 1. The molecule has 1 amide bonds. The molecule has 0 unspecified atom stereocenters. The molecule has 1 heterocycles. The van der Waals surface area contributed by atoms with Gasteiger partial charge in [-0.15, -0.1) is 0 Å². The van der Waals surface area contributed by atoms with Crippen LogP contribution in [0.2, 0.25) is 0 Å². The van der Waals surface area contributed by atoms with Gasteiger partial charge in [0.2, 0.25) is 0 Å². The molecular weight excluding hydrogens is 262 g/mol. The third-order valence-corrected chi connectivity index (χ3v) is 3.29. The average molecular weight is 287 g/mol. The molecule has 0 aliphatic carbocycles. The SMILES string of the molecule is COC(=O)CC[C@H]1CN(C(=O)OC(C)(C)C)CC[C@@H]1O. The van der Waals surface area contributed by atoms with Crippen LogP contribution in [-0.4, -0.2) is 54.0 Å². The molecule has 116 valence electrons. The van der Waals surface area contributed by atoms with Crippen LogP contribution in [0.5, 0.6) is 0 Å². The van der Waals surface area contributed by atoms with E-state index in [1.165, 1.54) is 7.11 Å². The molecule has 1 N–H and O–H groups in total. The Hall–Kier alpha value is -1.30. The molecule has 0 radical (unpaired) electrons. The highest BCUT2D eigenvalue weighted by Gasteiger charge is 2.32. The van der Waals surface area contributed by atoms with E-state index in [0.29, 0.717) is 25.9 Å². The van der Waals surface area contributed by atoms with E-state index in [1.54, 1.807) is 4.90 Å². The molecule has 0 saturated carbocycles. The number of esters is 1. The molecule has 2 atom stereocenters. The van der Waals surface area contributed by atoms with Crippen LogP contribution in [0.15, 0.2) is 0 Å². The number of carbonyl (C=O) groups is 2. The van der Waals surface area contributed by atoms with Crippen molar-refractivity contribution in [3.05, 3.63) is 0 Å². The number of ether oxygens (including phenoxy) is 2. The van der Waals surface area contributed by atoms with Crippen molar-refractivity contribution in [1.82, 2.24) is 4.90 Å². The van der Waals surface area contributed by atoms with Crippen molar-refractivity contribution in [2.24, 2.45) is 5.92 Å². The van der Waals surface area contributed by atoms with Gasteiger partial charge in [-0.3, -0.25) is 4.79 Å². The van der Waals surface area contributed by atoms with Crippen LogP contribution in [0.3, 0.4) is 0 Å². The third-order valence-electron chi connectivity index (χ3n) is 3.29. The Bertz CT molecular complexity index is 350. The summed E-state index contributed by atoms with van der Waals surface area (Å²) in [6.45, 7) is 6.34. The van der Waals surface area contributed by atoms with Crippen LogP contribution < -0.4 is 0 Å². The van der Waals surface area contributed by atoms with Crippen LogP contribution in [-0.2, 0) is 14.3 Å². The molecule has 1 fully saturated rings. The largest absolute Gasteiger partial charge is 0.469 e. The number of rotatable bonds is 3. The lowest BCUT2D eigenvalue weighted by atomic mass is 9.91. The molecule has 6 heteroatoms. The van der Waals surface area contributed by atoms with Crippen molar-refractivity contribution in [3.8, 4) is 0 Å². The van der Waals surface area contributed by atoms with Gasteiger partial charge < -0.3 is 19.5 Å². The van der Waals surface area contributed by atoms with E-state index in [-0.39, 0.29) is 24.4 Å². The Kier molecular flexibility index (Phi) is 5.80. The lowest BCUT2D eigenvalue weighted by Crippen LogP contribution is -2.47. The normalized spacial score (nSPS) is 23.4. The number of aliphatic hydroxyl groups is 1. The van der Waals surface area contributed by atoms with Crippen LogP contribution in [0.4, 0.5) is 4.79 Å². The van der Waals surface area contributed by atoms with Gasteiger partial charge in [-0.2, -0.15) is 0 Å². The minimum atomic E-state index is -0.533. The molecule has 1 aliphatic rings. The number of hydrogen-bond donors (Lipinski definition) is 1. The summed E-state index contributed by atoms with van der Waals surface area (Å²) in [5.41, 5.74) is -0.533. The Morgan fingerprint density at radius 1 is 1.35 bits per heavy atom. The van der Waals surface area contributed by atoms with Gasteiger partial charge in [0.15, 0.2) is 0 Å².